The molecule has 6 heteroatoms. The van der Waals surface area contributed by atoms with E-state index >= 15 is 0 Å². The molecule has 0 N–H and O–H groups in total. The summed E-state index contributed by atoms with van der Waals surface area (Å²) in [6.45, 7) is 6.52. The van der Waals surface area contributed by atoms with Crippen LogP contribution in [0.2, 0.25) is 0 Å². The maximum atomic E-state index is 12.6. The van der Waals surface area contributed by atoms with Gasteiger partial charge in [-0.05, 0) is 19.8 Å². The third-order valence-electron chi connectivity index (χ3n) is 4.42. The van der Waals surface area contributed by atoms with Gasteiger partial charge in [-0.3, -0.25) is 4.68 Å². The average molecular weight is 292 g/mol. The van der Waals surface area contributed by atoms with Crippen LogP contribution in [0.3, 0.4) is 0 Å². The number of hydrogen-bond donors (Lipinski definition) is 0. The van der Waals surface area contributed by atoms with Gasteiger partial charge >= 0.3 is 6.03 Å². The molecule has 0 spiro atoms. The van der Waals surface area contributed by atoms with E-state index in [1.165, 1.54) is 5.69 Å². The number of carbonyl (C=O) groups excluding carboxylic acids is 1. The highest BCUT2D eigenvalue weighted by Gasteiger charge is 2.33. The zero-order valence-electron chi connectivity index (χ0n) is 12.9. The number of rotatable bonds is 3. The number of aromatic nitrogens is 2. The Morgan fingerprint density at radius 3 is 2.86 bits per heavy atom. The van der Waals surface area contributed by atoms with Gasteiger partial charge in [0.25, 0.3) is 0 Å². The zero-order valence-corrected chi connectivity index (χ0v) is 12.9. The van der Waals surface area contributed by atoms with Gasteiger partial charge in [0.05, 0.1) is 25.0 Å². The molecule has 0 aliphatic carbocycles. The van der Waals surface area contributed by atoms with Crippen LogP contribution < -0.4 is 0 Å². The summed E-state index contributed by atoms with van der Waals surface area (Å²) in [5.74, 6) is 0.216. The minimum Gasteiger partial charge on any atom is -0.381 e. The van der Waals surface area contributed by atoms with Crippen LogP contribution in [0.5, 0.6) is 0 Å². The summed E-state index contributed by atoms with van der Waals surface area (Å²) in [5.41, 5.74) is 2.37. The van der Waals surface area contributed by atoms with E-state index < -0.39 is 0 Å². The second-order valence-electron chi connectivity index (χ2n) is 5.89. The van der Waals surface area contributed by atoms with Gasteiger partial charge in [-0.1, -0.05) is 0 Å². The number of urea groups is 1. The van der Waals surface area contributed by atoms with Gasteiger partial charge in [0, 0.05) is 44.8 Å². The number of nitrogens with zero attached hydrogens (tertiary/aromatic N) is 4. The van der Waals surface area contributed by atoms with Crippen LogP contribution in [-0.4, -0.2) is 58.5 Å². The third kappa shape index (κ3) is 2.77. The summed E-state index contributed by atoms with van der Waals surface area (Å²) < 4.78 is 7.54. The topological polar surface area (TPSA) is 50.6 Å². The van der Waals surface area contributed by atoms with Crippen molar-refractivity contribution in [1.82, 2.24) is 19.6 Å². The first-order valence-electron chi connectivity index (χ1n) is 7.83. The Balaban J connectivity index is 1.78. The Bertz CT molecular complexity index is 508. The number of fused-ring (bicyclic) bond motifs is 1. The molecule has 2 aliphatic rings. The number of hydrogen-bond acceptors (Lipinski definition) is 3. The Kier molecular flexibility index (Phi) is 4.14. The second-order valence-corrected chi connectivity index (χ2v) is 5.89. The van der Waals surface area contributed by atoms with Crippen LogP contribution in [0.1, 0.15) is 36.9 Å². The zero-order chi connectivity index (χ0) is 14.8. The molecular weight excluding hydrogens is 268 g/mol. The molecule has 0 saturated carbocycles. The van der Waals surface area contributed by atoms with E-state index in [1.54, 1.807) is 0 Å². The van der Waals surface area contributed by atoms with Gasteiger partial charge in [0.2, 0.25) is 0 Å². The van der Waals surface area contributed by atoms with E-state index in [1.807, 2.05) is 34.6 Å². The van der Waals surface area contributed by atoms with Crippen molar-refractivity contribution >= 4 is 6.03 Å². The first-order valence-corrected chi connectivity index (χ1v) is 7.83. The fourth-order valence-electron chi connectivity index (χ4n) is 3.41. The Morgan fingerprint density at radius 2 is 2.14 bits per heavy atom. The monoisotopic (exact) mass is 292 g/mol. The molecule has 1 aromatic heterocycles. The van der Waals surface area contributed by atoms with Crippen LogP contribution in [-0.2, 0) is 18.3 Å². The van der Waals surface area contributed by atoms with E-state index in [2.05, 4.69) is 5.10 Å². The molecule has 1 saturated heterocycles. The largest absolute Gasteiger partial charge is 0.381 e. The number of aryl methyl sites for hydroxylation is 1. The second kappa shape index (κ2) is 6.05. The number of amides is 2. The Labute approximate surface area is 125 Å². The van der Waals surface area contributed by atoms with E-state index in [0.29, 0.717) is 19.8 Å². The number of carbonyl (C=O) groups is 1. The fourth-order valence-corrected chi connectivity index (χ4v) is 3.41. The van der Waals surface area contributed by atoms with Gasteiger partial charge in [0.15, 0.2) is 0 Å². The van der Waals surface area contributed by atoms with Gasteiger partial charge in [0.1, 0.15) is 0 Å². The lowest BCUT2D eigenvalue weighted by Gasteiger charge is -2.35. The molecule has 116 valence electrons. The summed E-state index contributed by atoms with van der Waals surface area (Å²) in [7, 11) is 1.97. The van der Waals surface area contributed by atoms with Crippen LogP contribution in [0.4, 0.5) is 4.79 Å². The molecule has 0 radical (unpaired) electrons. The number of likely N-dealkylation sites (tertiary alicyclic amines) is 1. The van der Waals surface area contributed by atoms with Crippen LogP contribution >= 0.6 is 0 Å². The van der Waals surface area contributed by atoms with E-state index in [4.69, 9.17) is 4.74 Å². The van der Waals surface area contributed by atoms with Crippen molar-refractivity contribution in [2.24, 2.45) is 7.05 Å². The molecule has 3 heterocycles. The number of ether oxygens (including phenoxy) is 1. The van der Waals surface area contributed by atoms with Crippen molar-refractivity contribution in [2.75, 3.05) is 32.8 Å². The van der Waals surface area contributed by atoms with Crippen molar-refractivity contribution in [3.05, 3.63) is 17.5 Å². The van der Waals surface area contributed by atoms with Gasteiger partial charge in [-0.15, -0.1) is 0 Å². The quantitative estimate of drug-likeness (QED) is 0.850. The smallest absolute Gasteiger partial charge is 0.320 e. The maximum Gasteiger partial charge on any atom is 0.320 e. The lowest BCUT2D eigenvalue weighted by atomic mass is 9.97. The molecule has 0 unspecified atom stereocenters. The molecule has 21 heavy (non-hydrogen) atoms. The van der Waals surface area contributed by atoms with Gasteiger partial charge in [-0.25, -0.2) is 4.79 Å². The summed E-state index contributed by atoms with van der Waals surface area (Å²) in [6.07, 6.45) is 4.14. The van der Waals surface area contributed by atoms with Crippen molar-refractivity contribution in [2.45, 2.75) is 32.2 Å². The SMILES string of the molecule is CCOC[C@H]1CN(C(=O)N2CCCC2)Cc2cnn(C)c21. The fraction of sp³-hybridized carbons (Fsp3) is 0.733. The van der Waals surface area contributed by atoms with Crippen molar-refractivity contribution in [1.29, 1.82) is 0 Å². The van der Waals surface area contributed by atoms with E-state index in [0.717, 1.165) is 38.0 Å². The van der Waals surface area contributed by atoms with E-state index in [9.17, 15) is 4.79 Å². The molecule has 1 atom stereocenters. The molecule has 3 rings (SSSR count). The minimum absolute atomic E-state index is 0.170. The van der Waals surface area contributed by atoms with Crippen LogP contribution in [0.15, 0.2) is 6.20 Å². The standard InChI is InChI=1S/C15H24N4O2/c1-3-21-11-13-10-19(15(20)18-6-4-5-7-18)9-12-8-16-17(2)14(12)13/h8,13H,3-7,9-11H2,1-2H3/t13-/m1/s1. The highest BCUT2D eigenvalue weighted by molar-refractivity contribution is 5.75. The Morgan fingerprint density at radius 1 is 1.38 bits per heavy atom. The highest BCUT2D eigenvalue weighted by atomic mass is 16.5. The van der Waals surface area contributed by atoms with Crippen molar-refractivity contribution in [3.63, 3.8) is 0 Å². The molecule has 2 amide bonds. The normalized spacial score (nSPS) is 21.7. The predicted octanol–water partition coefficient (Wildman–Crippen LogP) is 1.57. The molecule has 1 fully saturated rings. The van der Waals surface area contributed by atoms with Gasteiger partial charge in [-0.2, -0.15) is 5.10 Å². The summed E-state index contributed by atoms with van der Waals surface area (Å²) in [5, 5.41) is 4.36. The molecule has 2 aliphatic heterocycles. The molecule has 6 nitrogen and oxygen atoms in total. The third-order valence-corrected chi connectivity index (χ3v) is 4.42. The predicted molar refractivity (Wildman–Crippen MR) is 79.1 cm³/mol. The molecular formula is C15H24N4O2. The lowest BCUT2D eigenvalue weighted by molar-refractivity contribution is 0.102. The summed E-state index contributed by atoms with van der Waals surface area (Å²) in [6, 6.07) is 0.170. The van der Waals surface area contributed by atoms with Crippen molar-refractivity contribution in [3.8, 4) is 0 Å². The molecule has 0 bridgehead atoms. The summed E-state index contributed by atoms with van der Waals surface area (Å²) >= 11 is 0. The van der Waals surface area contributed by atoms with Crippen LogP contribution in [0.25, 0.3) is 0 Å². The first kappa shape index (κ1) is 14.4. The average Bonchev–Trinajstić information content (AvgIpc) is 3.14. The minimum atomic E-state index is 0.170. The molecule has 0 aromatic carbocycles. The highest BCUT2D eigenvalue weighted by Crippen LogP contribution is 2.29. The van der Waals surface area contributed by atoms with Crippen LogP contribution in [0, 0.1) is 0 Å². The lowest BCUT2D eigenvalue weighted by Crippen LogP contribution is -2.46. The summed E-state index contributed by atoms with van der Waals surface area (Å²) in [4.78, 5) is 16.5. The van der Waals surface area contributed by atoms with E-state index in [-0.39, 0.29) is 11.9 Å². The Hall–Kier alpha value is -1.56. The first-order chi connectivity index (χ1) is 10.2. The van der Waals surface area contributed by atoms with Gasteiger partial charge < -0.3 is 14.5 Å². The maximum absolute atomic E-state index is 12.6. The molecule has 1 aromatic rings. The van der Waals surface area contributed by atoms with Crippen molar-refractivity contribution < 1.29 is 9.53 Å².